The van der Waals surface area contributed by atoms with E-state index in [0.717, 1.165) is 30.0 Å². The summed E-state index contributed by atoms with van der Waals surface area (Å²) in [5, 5.41) is 17.2. The molecule has 4 aromatic rings. The minimum absolute atomic E-state index is 0.0185. The summed E-state index contributed by atoms with van der Waals surface area (Å²) in [4.78, 5) is 16.7. The van der Waals surface area contributed by atoms with E-state index in [9.17, 15) is 10.1 Å². The topological polar surface area (TPSA) is 97.8 Å². The Morgan fingerprint density at radius 3 is 2.65 bits per heavy atom. The fourth-order valence-corrected chi connectivity index (χ4v) is 3.46. The molecule has 0 atom stereocenters. The standard InChI is InChI=1S/C26H24N6O2/c1-34-24-10-8-20(9-11-24)25-22(18-32(30-25)23-6-3-2-4-7-23)16-21(17-27)26(33)29-12-5-14-31-15-13-28-19-31/h2-4,6-11,13,15-16,18-19H,5,12,14H2,1H3,(H,29,33). The first-order chi connectivity index (χ1) is 16.7. The number of para-hydroxylation sites is 1. The van der Waals surface area contributed by atoms with Crippen LogP contribution in [0.25, 0.3) is 23.0 Å². The molecule has 0 radical (unpaired) electrons. The summed E-state index contributed by atoms with van der Waals surface area (Å²) < 4.78 is 8.93. The van der Waals surface area contributed by atoms with Crippen molar-refractivity contribution in [3.05, 3.63) is 90.7 Å². The van der Waals surface area contributed by atoms with Gasteiger partial charge in [-0.05, 0) is 48.9 Å². The molecule has 1 amide bonds. The van der Waals surface area contributed by atoms with Crippen molar-refractivity contribution < 1.29 is 9.53 Å². The van der Waals surface area contributed by atoms with Gasteiger partial charge in [0.1, 0.15) is 17.4 Å². The van der Waals surface area contributed by atoms with Gasteiger partial charge in [0.2, 0.25) is 0 Å². The normalized spacial score (nSPS) is 11.1. The molecule has 34 heavy (non-hydrogen) atoms. The Kier molecular flexibility index (Phi) is 7.16. The smallest absolute Gasteiger partial charge is 0.261 e. The number of benzene rings is 2. The zero-order chi connectivity index (χ0) is 23.8. The summed E-state index contributed by atoms with van der Waals surface area (Å²) >= 11 is 0. The molecule has 0 fully saturated rings. The van der Waals surface area contributed by atoms with E-state index in [1.54, 1.807) is 30.4 Å². The molecule has 2 heterocycles. The van der Waals surface area contributed by atoms with Gasteiger partial charge in [-0.1, -0.05) is 18.2 Å². The fourth-order valence-electron chi connectivity index (χ4n) is 3.46. The average Bonchev–Trinajstić information content (AvgIpc) is 3.56. The molecule has 0 saturated heterocycles. The van der Waals surface area contributed by atoms with Crippen molar-refractivity contribution in [1.82, 2.24) is 24.6 Å². The molecule has 0 saturated carbocycles. The van der Waals surface area contributed by atoms with Crippen LogP contribution in [0.4, 0.5) is 0 Å². The van der Waals surface area contributed by atoms with Crippen LogP contribution in [0.2, 0.25) is 0 Å². The number of nitrogens with zero attached hydrogens (tertiary/aromatic N) is 5. The molecule has 2 aromatic carbocycles. The van der Waals surface area contributed by atoms with E-state index in [0.29, 0.717) is 17.8 Å². The number of nitriles is 1. The Morgan fingerprint density at radius 2 is 1.97 bits per heavy atom. The number of carbonyl (C=O) groups excluding carboxylic acids is 1. The lowest BCUT2D eigenvalue weighted by atomic mass is 10.1. The molecule has 170 valence electrons. The zero-order valence-electron chi connectivity index (χ0n) is 18.8. The van der Waals surface area contributed by atoms with Crippen LogP contribution in [-0.2, 0) is 11.3 Å². The third kappa shape index (κ3) is 5.40. The summed E-state index contributed by atoms with van der Waals surface area (Å²) in [6.07, 6.45) is 9.44. The van der Waals surface area contributed by atoms with Gasteiger partial charge in [0.15, 0.2) is 0 Å². The first-order valence-electron chi connectivity index (χ1n) is 10.8. The van der Waals surface area contributed by atoms with E-state index in [1.165, 1.54) is 0 Å². The van der Waals surface area contributed by atoms with E-state index in [-0.39, 0.29) is 5.57 Å². The maximum absolute atomic E-state index is 12.7. The van der Waals surface area contributed by atoms with Gasteiger partial charge in [-0.2, -0.15) is 10.4 Å². The molecule has 0 unspecified atom stereocenters. The van der Waals surface area contributed by atoms with Crippen molar-refractivity contribution in [3.63, 3.8) is 0 Å². The quantitative estimate of drug-likeness (QED) is 0.236. The van der Waals surface area contributed by atoms with Gasteiger partial charge < -0.3 is 14.6 Å². The number of methoxy groups -OCH3 is 1. The van der Waals surface area contributed by atoms with Gasteiger partial charge in [0.05, 0.1) is 24.8 Å². The summed E-state index contributed by atoms with van der Waals surface area (Å²) in [6, 6.07) is 19.2. The molecule has 0 aliphatic rings. The summed E-state index contributed by atoms with van der Waals surface area (Å²) in [6.45, 7) is 1.18. The van der Waals surface area contributed by atoms with Crippen molar-refractivity contribution in [1.29, 1.82) is 5.26 Å². The van der Waals surface area contributed by atoms with Gasteiger partial charge in [-0.3, -0.25) is 4.79 Å². The van der Waals surface area contributed by atoms with Crippen LogP contribution >= 0.6 is 0 Å². The number of hydrogen-bond donors (Lipinski definition) is 1. The highest BCUT2D eigenvalue weighted by atomic mass is 16.5. The van der Waals surface area contributed by atoms with Crippen LogP contribution in [0.3, 0.4) is 0 Å². The molecule has 0 aliphatic carbocycles. The first-order valence-corrected chi connectivity index (χ1v) is 10.8. The highest BCUT2D eigenvalue weighted by molar-refractivity contribution is 6.02. The number of carbonyl (C=O) groups is 1. The third-order valence-electron chi connectivity index (χ3n) is 5.23. The second-order valence-corrected chi connectivity index (χ2v) is 7.52. The van der Waals surface area contributed by atoms with E-state index in [1.807, 2.05) is 77.6 Å². The molecule has 0 bridgehead atoms. The number of imidazole rings is 1. The van der Waals surface area contributed by atoms with Crippen LogP contribution < -0.4 is 10.1 Å². The van der Waals surface area contributed by atoms with E-state index < -0.39 is 5.91 Å². The van der Waals surface area contributed by atoms with Crippen molar-refractivity contribution in [2.45, 2.75) is 13.0 Å². The Labute approximate surface area is 197 Å². The second kappa shape index (κ2) is 10.8. The predicted octanol–water partition coefficient (Wildman–Crippen LogP) is 3.86. The predicted molar refractivity (Wildman–Crippen MR) is 129 cm³/mol. The van der Waals surface area contributed by atoms with Crippen LogP contribution in [-0.4, -0.2) is 38.9 Å². The lowest BCUT2D eigenvalue weighted by molar-refractivity contribution is -0.117. The SMILES string of the molecule is COc1ccc(-c2nn(-c3ccccc3)cc2C=C(C#N)C(=O)NCCCn2ccnc2)cc1. The largest absolute Gasteiger partial charge is 0.497 e. The maximum atomic E-state index is 12.7. The fraction of sp³-hybridized carbons (Fsp3) is 0.154. The lowest BCUT2D eigenvalue weighted by Gasteiger charge is -2.05. The van der Waals surface area contributed by atoms with E-state index in [2.05, 4.69) is 10.3 Å². The van der Waals surface area contributed by atoms with E-state index >= 15 is 0 Å². The van der Waals surface area contributed by atoms with Crippen LogP contribution in [0.5, 0.6) is 5.75 Å². The summed E-state index contributed by atoms with van der Waals surface area (Å²) in [5.74, 6) is 0.317. The Morgan fingerprint density at radius 1 is 1.18 bits per heavy atom. The monoisotopic (exact) mass is 452 g/mol. The summed E-state index contributed by atoms with van der Waals surface area (Å²) in [7, 11) is 1.61. The third-order valence-corrected chi connectivity index (χ3v) is 5.23. The van der Waals surface area contributed by atoms with Crippen molar-refractivity contribution in [3.8, 4) is 28.8 Å². The van der Waals surface area contributed by atoms with Gasteiger partial charge in [0, 0.05) is 42.8 Å². The Bertz CT molecular complexity index is 1300. The number of aromatic nitrogens is 4. The molecule has 8 heteroatoms. The number of nitrogens with one attached hydrogen (secondary N) is 1. The number of rotatable bonds is 9. The van der Waals surface area contributed by atoms with Crippen molar-refractivity contribution >= 4 is 12.0 Å². The maximum Gasteiger partial charge on any atom is 0.261 e. The van der Waals surface area contributed by atoms with Gasteiger partial charge in [-0.25, -0.2) is 9.67 Å². The zero-order valence-corrected chi connectivity index (χ0v) is 18.8. The first kappa shape index (κ1) is 22.6. The van der Waals surface area contributed by atoms with Crippen LogP contribution in [0.1, 0.15) is 12.0 Å². The lowest BCUT2D eigenvalue weighted by Crippen LogP contribution is -2.26. The molecular weight excluding hydrogens is 428 g/mol. The number of aryl methyl sites for hydroxylation is 1. The van der Waals surface area contributed by atoms with Crippen LogP contribution in [0, 0.1) is 11.3 Å². The minimum Gasteiger partial charge on any atom is -0.497 e. The molecule has 0 spiro atoms. The molecule has 8 nitrogen and oxygen atoms in total. The van der Waals surface area contributed by atoms with E-state index in [4.69, 9.17) is 9.84 Å². The number of amides is 1. The highest BCUT2D eigenvalue weighted by Gasteiger charge is 2.15. The average molecular weight is 453 g/mol. The molecule has 4 rings (SSSR count). The second-order valence-electron chi connectivity index (χ2n) is 7.52. The van der Waals surface area contributed by atoms with Gasteiger partial charge >= 0.3 is 0 Å². The van der Waals surface area contributed by atoms with Gasteiger partial charge in [0.25, 0.3) is 5.91 Å². The number of hydrogen-bond acceptors (Lipinski definition) is 5. The molecule has 2 aromatic heterocycles. The molecule has 0 aliphatic heterocycles. The van der Waals surface area contributed by atoms with Crippen molar-refractivity contribution in [2.24, 2.45) is 0 Å². The minimum atomic E-state index is -0.415. The highest BCUT2D eigenvalue weighted by Crippen LogP contribution is 2.27. The molecular formula is C26H24N6O2. The Balaban J connectivity index is 1.58. The summed E-state index contributed by atoms with van der Waals surface area (Å²) in [5.41, 5.74) is 3.07. The Hall–Kier alpha value is -4.64. The van der Waals surface area contributed by atoms with Crippen LogP contribution in [0.15, 0.2) is 85.1 Å². The number of ether oxygens (including phenoxy) is 1. The van der Waals surface area contributed by atoms with Gasteiger partial charge in [-0.15, -0.1) is 0 Å². The molecule has 1 N–H and O–H groups in total. The van der Waals surface area contributed by atoms with Crippen molar-refractivity contribution in [2.75, 3.05) is 13.7 Å².